The highest BCUT2D eigenvalue weighted by atomic mass is 16.5. The van der Waals surface area contributed by atoms with Crippen molar-refractivity contribution in [1.82, 2.24) is 9.55 Å². The van der Waals surface area contributed by atoms with Crippen LogP contribution in [0.1, 0.15) is 32.8 Å². The number of para-hydroxylation sites is 2. The number of nitrogens with zero attached hydrogens (tertiary/aromatic N) is 3. The van der Waals surface area contributed by atoms with Crippen molar-refractivity contribution in [2.75, 3.05) is 6.61 Å². The lowest BCUT2D eigenvalue weighted by Crippen LogP contribution is -2.01. The molecule has 130 valence electrons. The van der Waals surface area contributed by atoms with E-state index in [4.69, 9.17) is 4.74 Å². The Kier molecular flexibility index (Phi) is 5.49. The molecule has 3 aromatic rings. The molecule has 0 N–H and O–H groups in total. The van der Waals surface area contributed by atoms with Crippen LogP contribution in [0, 0.1) is 5.92 Å². The van der Waals surface area contributed by atoms with E-state index in [1.54, 1.807) is 0 Å². The molecule has 0 unspecified atom stereocenters. The molecule has 0 fully saturated rings. The molecule has 4 nitrogen and oxygen atoms in total. The summed E-state index contributed by atoms with van der Waals surface area (Å²) in [7, 11) is 0. The van der Waals surface area contributed by atoms with Crippen molar-refractivity contribution < 1.29 is 4.74 Å². The minimum atomic E-state index is 0.657. The summed E-state index contributed by atoms with van der Waals surface area (Å²) < 4.78 is 7.87. The van der Waals surface area contributed by atoms with Crippen molar-refractivity contribution in [2.24, 2.45) is 10.9 Å². The maximum Gasteiger partial charge on any atom is 0.230 e. The number of ether oxygens (including phenoxy) is 1. The van der Waals surface area contributed by atoms with Gasteiger partial charge in [-0.1, -0.05) is 26.0 Å². The first-order chi connectivity index (χ1) is 12.2. The SMILES string of the molecule is CCn1c(/N=C/c2ccc(OCCC(C)C)cc2)nc2ccccc21. The first kappa shape index (κ1) is 17.2. The maximum atomic E-state index is 5.75. The van der Waals surface area contributed by atoms with E-state index in [9.17, 15) is 0 Å². The monoisotopic (exact) mass is 335 g/mol. The summed E-state index contributed by atoms with van der Waals surface area (Å²) in [5, 5.41) is 0. The topological polar surface area (TPSA) is 39.4 Å². The fourth-order valence-electron chi connectivity index (χ4n) is 2.67. The van der Waals surface area contributed by atoms with E-state index in [0.717, 1.165) is 47.9 Å². The van der Waals surface area contributed by atoms with Crippen molar-refractivity contribution in [3.8, 4) is 5.75 Å². The van der Waals surface area contributed by atoms with Crippen LogP contribution in [0.25, 0.3) is 11.0 Å². The number of aromatic nitrogens is 2. The Morgan fingerprint density at radius 3 is 2.60 bits per heavy atom. The largest absolute Gasteiger partial charge is 0.494 e. The highest BCUT2D eigenvalue weighted by molar-refractivity contribution is 5.83. The van der Waals surface area contributed by atoms with Gasteiger partial charge in [0.05, 0.1) is 17.6 Å². The quantitative estimate of drug-likeness (QED) is 0.554. The molecule has 3 rings (SSSR count). The number of benzene rings is 2. The predicted octanol–water partition coefficient (Wildman–Crippen LogP) is 5.23. The van der Waals surface area contributed by atoms with Crippen LogP contribution in [0.2, 0.25) is 0 Å². The standard InChI is InChI=1S/C21H25N3O/c1-4-24-20-8-6-5-7-19(20)23-21(24)22-15-17-9-11-18(12-10-17)25-14-13-16(2)3/h5-12,15-16H,4,13-14H2,1-3H3/b22-15+. The highest BCUT2D eigenvalue weighted by Crippen LogP contribution is 2.21. The summed E-state index contributed by atoms with van der Waals surface area (Å²) in [4.78, 5) is 9.20. The van der Waals surface area contributed by atoms with E-state index in [1.807, 2.05) is 48.7 Å². The van der Waals surface area contributed by atoms with E-state index in [-0.39, 0.29) is 0 Å². The fraction of sp³-hybridized carbons (Fsp3) is 0.333. The second kappa shape index (κ2) is 7.97. The zero-order chi connectivity index (χ0) is 17.6. The second-order valence-corrected chi connectivity index (χ2v) is 6.50. The Labute approximate surface area is 149 Å². The van der Waals surface area contributed by atoms with Gasteiger partial charge in [0, 0.05) is 12.8 Å². The zero-order valence-corrected chi connectivity index (χ0v) is 15.1. The van der Waals surface area contributed by atoms with Crippen molar-refractivity contribution in [3.63, 3.8) is 0 Å². The molecule has 0 radical (unpaired) electrons. The average Bonchev–Trinajstić information content (AvgIpc) is 2.98. The molecule has 0 atom stereocenters. The molecule has 1 aromatic heterocycles. The van der Waals surface area contributed by atoms with E-state index in [0.29, 0.717) is 5.92 Å². The number of aliphatic imine (C=N–C) groups is 1. The van der Waals surface area contributed by atoms with Gasteiger partial charge in [0.15, 0.2) is 0 Å². The third kappa shape index (κ3) is 4.27. The molecule has 4 heteroatoms. The van der Waals surface area contributed by atoms with Crippen LogP contribution in [-0.4, -0.2) is 22.4 Å². The van der Waals surface area contributed by atoms with E-state index in [2.05, 4.69) is 41.4 Å². The third-order valence-electron chi connectivity index (χ3n) is 4.12. The molecule has 0 aliphatic carbocycles. The lowest BCUT2D eigenvalue weighted by molar-refractivity contribution is 0.289. The second-order valence-electron chi connectivity index (χ2n) is 6.50. The van der Waals surface area contributed by atoms with E-state index in [1.165, 1.54) is 0 Å². The third-order valence-corrected chi connectivity index (χ3v) is 4.12. The molecule has 0 bridgehead atoms. The smallest absolute Gasteiger partial charge is 0.230 e. The Bertz CT molecular complexity index is 847. The van der Waals surface area contributed by atoms with Gasteiger partial charge in [-0.05, 0) is 61.2 Å². The molecular formula is C21H25N3O. The number of hydrogen-bond donors (Lipinski definition) is 0. The molecule has 1 heterocycles. The summed E-state index contributed by atoms with van der Waals surface area (Å²) in [5.74, 6) is 2.30. The fourth-order valence-corrected chi connectivity index (χ4v) is 2.67. The van der Waals surface area contributed by atoms with Gasteiger partial charge >= 0.3 is 0 Å². The van der Waals surface area contributed by atoms with Gasteiger partial charge in [-0.25, -0.2) is 9.98 Å². The number of imidazole rings is 1. The van der Waals surface area contributed by atoms with Gasteiger partial charge < -0.3 is 9.30 Å². The summed E-state index contributed by atoms with van der Waals surface area (Å²) in [6, 6.07) is 16.1. The Morgan fingerprint density at radius 1 is 1.12 bits per heavy atom. The number of fused-ring (bicyclic) bond motifs is 1. The molecule has 0 spiro atoms. The Morgan fingerprint density at radius 2 is 1.88 bits per heavy atom. The van der Waals surface area contributed by atoms with Gasteiger partial charge in [0.1, 0.15) is 5.75 Å². The minimum absolute atomic E-state index is 0.657. The van der Waals surface area contributed by atoms with E-state index >= 15 is 0 Å². The number of rotatable bonds is 7. The van der Waals surface area contributed by atoms with Crippen LogP contribution in [0.5, 0.6) is 5.75 Å². The molecule has 0 aliphatic rings. The van der Waals surface area contributed by atoms with Gasteiger partial charge in [-0.3, -0.25) is 0 Å². The first-order valence-electron chi connectivity index (χ1n) is 8.89. The lowest BCUT2D eigenvalue weighted by Gasteiger charge is -2.08. The number of hydrogen-bond acceptors (Lipinski definition) is 3. The van der Waals surface area contributed by atoms with Crippen LogP contribution >= 0.6 is 0 Å². The summed E-state index contributed by atoms with van der Waals surface area (Å²) in [6.45, 7) is 8.11. The van der Waals surface area contributed by atoms with Gasteiger partial charge in [-0.15, -0.1) is 0 Å². The van der Waals surface area contributed by atoms with Crippen LogP contribution in [0.15, 0.2) is 53.5 Å². The molecule has 0 saturated heterocycles. The first-order valence-corrected chi connectivity index (χ1v) is 8.89. The van der Waals surface area contributed by atoms with Crippen LogP contribution in [0.4, 0.5) is 5.95 Å². The summed E-state index contributed by atoms with van der Waals surface area (Å²) in [6.07, 6.45) is 2.92. The molecule has 0 saturated carbocycles. The Hall–Kier alpha value is -2.62. The molecule has 2 aromatic carbocycles. The summed E-state index contributed by atoms with van der Waals surface area (Å²) in [5.41, 5.74) is 3.13. The van der Waals surface area contributed by atoms with Crippen molar-refractivity contribution >= 4 is 23.2 Å². The van der Waals surface area contributed by atoms with Crippen molar-refractivity contribution in [1.29, 1.82) is 0 Å². The Balaban J connectivity index is 1.72. The lowest BCUT2D eigenvalue weighted by atomic mass is 10.1. The van der Waals surface area contributed by atoms with Crippen LogP contribution in [-0.2, 0) is 6.54 Å². The molecular weight excluding hydrogens is 310 g/mol. The average molecular weight is 335 g/mol. The van der Waals surface area contributed by atoms with Gasteiger partial charge in [0.2, 0.25) is 5.95 Å². The molecule has 25 heavy (non-hydrogen) atoms. The number of aryl methyl sites for hydroxylation is 1. The minimum Gasteiger partial charge on any atom is -0.494 e. The van der Waals surface area contributed by atoms with Crippen LogP contribution < -0.4 is 4.74 Å². The van der Waals surface area contributed by atoms with E-state index < -0.39 is 0 Å². The van der Waals surface area contributed by atoms with Gasteiger partial charge in [0.25, 0.3) is 0 Å². The van der Waals surface area contributed by atoms with Crippen LogP contribution in [0.3, 0.4) is 0 Å². The zero-order valence-electron chi connectivity index (χ0n) is 15.1. The van der Waals surface area contributed by atoms with Crippen molar-refractivity contribution in [3.05, 3.63) is 54.1 Å². The predicted molar refractivity (Wildman–Crippen MR) is 104 cm³/mol. The summed E-state index contributed by atoms with van der Waals surface area (Å²) >= 11 is 0. The highest BCUT2D eigenvalue weighted by Gasteiger charge is 2.07. The molecule has 0 amide bonds. The van der Waals surface area contributed by atoms with Gasteiger partial charge in [-0.2, -0.15) is 0 Å². The normalized spacial score (nSPS) is 11.7. The van der Waals surface area contributed by atoms with Crippen molar-refractivity contribution in [2.45, 2.75) is 33.7 Å². The molecule has 0 aliphatic heterocycles. The maximum absolute atomic E-state index is 5.75.